The van der Waals surface area contributed by atoms with Crippen molar-refractivity contribution in [2.75, 3.05) is 13.2 Å². The number of aliphatic hydroxyl groups excluding tert-OH is 1. The minimum atomic E-state index is -0.191. The van der Waals surface area contributed by atoms with Gasteiger partial charge in [0.25, 0.3) is 0 Å². The van der Waals surface area contributed by atoms with E-state index in [1.54, 1.807) is 0 Å². The Kier molecular flexibility index (Phi) is 5.56. The van der Waals surface area contributed by atoms with Crippen LogP contribution in [0, 0.1) is 5.21 Å². The molecule has 0 saturated carbocycles. The molecule has 0 spiro atoms. The van der Waals surface area contributed by atoms with Crippen LogP contribution in [0.5, 0.6) is 0 Å². The molecule has 0 amide bonds. The molecule has 1 heterocycles. The minimum Gasteiger partial charge on any atom is -0.569 e. The van der Waals surface area contributed by atoms with Crippen LogP contribution in [0.15, 0.2) is 5.28 Å². The van der Waals surface area contributed by atoms with Gasteiger partial charge >= 0.3 is 29.6 Å². The van der Waals surface area contributed by atoms with E-state index in [9.17, 15) is 5.21 Å². The molecule has 2 N–H and O–H groups in total. The van der Waals surface area contributed by atoms with E-state index in [-0.39, 0.29) is 47.2 Å². The van der Waals surface area contributed by atoms with Crippen LogP contribution in [-0.2, 0) is 0 Å². The Morgan fingerprint density at radius 2 is 2.33 bits per heavy atom. The van der Waals surface area contributed by atoms with E-state index in [1.807, 2.05) is 0 Å². The third-order valence-electron chi connectivity index (χ3n) is 1.85. The molecule has 1 fully saturated rings. The van der Waals surface area contributed by atoms with E-state index in [4.69, 9.17) is 10.3 Å². The molecule has 0 aromatic carbocycles. The van der Waals surface area contributed by atoms with Gasteiger partial charge in [0, 0.05) is 0 Å². The number of nitrogens with zero attached hydrogens (tertiary/aromatic N) is 3. The Labute approximate surface area is 92.3 Å². The van der Waals surface area contributed by atoms with Crippen LogP contribution in [0.3, 0.4) is 0 Å². The van der Waals surface area contributed by atoms with Crippen molar-refractivity contribution >= 4 is 0 Å². The molecule has 1 unspecified atom stereocenters. The quantitative estimate of drug-likeness (QED) is 0.204. The molecule has 1 saturated heterocycles. The summed E-state index contributed by atoms with van der Waals surface area (Å²) in [6, 6.07) is -0.191. The second-order valence-electron chi connectivity index (χ2n) is 2.48. The number of hydrogen-bond donors (Lipinski definition) is 2. The van der Waals surface area contributed by atoms with Gasteiger partial charge in [-0.25, -0.2) is 0 Å². The Balaban J connectivity index is 0.00000121. The first-order chi connectivity index (χ1) is 5.29. The first kappa shape index (κ1) is 12.0. The molecule has 1 aliphatic rings. The molecule has 12 heavy (non-hydrogen) atoms. The maximum atomic E-state index is 10.7. The summed E-state index contributed by atoms with van der Waals surface area (Å²) in [5.41, 5.74) is 0. The number of hydrogen-bond acceptors (Lipinski definition) is 3. The molecule has 0 radical (unpaired) electrons. The second kappa shape index (κ2) is 5.58. The van der Waals surface area contributed by atoms with Crippen molar-refractivity contribution in [3.05, 3.63) is 5.21 Å². The molecule has 6 nitrogen and oxygen atoms in total. The Morgan fingerprint density at radius 1 is 1.67 bits per heavy atom. The molecule has 1 aliphatic heterocycles. The summed E-state index contributed by atoms with van der Waals surface area (Å²) in [5.74, 6) is 0. The summed E-state index contributed by atoms with van der Waals surface area (Å²) < 4.78 is 0. The van der Waals surface area contributed by atoms with Crippen molar-refractivity contribution in [3.8, 4) is 0 Å². The summed E-state index contributed by atoms with van der Waals surface area (Å²) in [6.45, 7) is 0.465. The third kappa shape index (κ3) is 2.48. The number of rotatable bonds is 2. The van der Waals surface area contributed by atoms with Gasteiger partial charge in [0.2, 0.25) is 5.28 Å². The first-order valence-corrected chi connectivity index (χ1v) is 3.49. The molecule has 0 aliphatic carbocycles. The van der Waals surface area contributed by atoms with Crippen molar-refractivity contribution in [3.63, 3.8) is 0 Å². The zero-order valence-electron chi connectivity index (χ0n) is 7.05. The second-order valence-corrected chi connectivity index (χ2v) is 2.48. The van der Waals surface area contributed by atoms with Crippen LogP contribution in [0.25, 0.3) is 0 Å². The normalized spacial score (nSPS) is 23.9. The van der Waals surface area contributed by atoms with Gasteiger partial charge in [-0.3, -0.25) is 0 Å². The predicted molar refractivity (Wildman–Crippen MR) is 34.7 cm³/mol. The van der Waals surface area contributed by atoms with Crippen molar-refractivity contribution in [2.24, 2.45) is 5.28 Å². The average molecular weight is 184 g/mol. The maximum absolute atomic E-state index is 10.7. The van der Waals surface area contributed by atoms with E-state index >= 15 is 0 Å². The SMILES string of the molecule is [Na+].[O-][N+](=NO)N1CCCC1CO. The minimum absolute atomic E-state index is 0. The molecule has 0 aromatic rings. The molecular weight excluding hydrogens is 173 g/mol. The topological polar surface area (TPSA) is 82.1 Å². The molecule has 0 aromatic heterocycles. The van der Waals surface area contributed by atoms with Gasteiger partial charge in [0.05, 0.1) is 18.1 Å². The monoisotopic (exact) mass is 184 g/mol. The van der Waals surface area contributed by atoms with Crippen LogP contribution in [-0.4, -0.2) is 39.5 Å². The largest absolute Gasteiger partial charge is 1.00 e. The van der Waals surface area contributed by atoms with Crippen molar-refractivity contribution in [2.45, 2.75) is 18.9 Å². The van der Waals surface area contributed by atoms with Crippen LogP contribution >= 0.6 is 0 Å². The summed E-state index contributed by atoms with van der Waals surface area (Å²) in [7, 11) is 0. The van der Waals surface area contributed by atoms with E-state index in [1.165, 1.54) is 5.01 Å². The Morgan fingerprint density at radius 3 is 2.83 bits per heavy atom. The van der Waals surface area contributed by atoms with Gasteiger partial charge in [0.15, 0.2) is 0 Å². The summed E-state index contributed by atoms with van der Waals surface area (Å²) >= 11 is 0. The Bertz CT molecular complexity index is 166. The Hall–Kier alpha value is -0.0400. The summed E-state index contributed by atoms with van der Waals surface area (Å²) in [5, 5.41) is 31.3. The summed E-state index contributed by atoms with van der Waals surface area (Å²) in [4.78, 5) is 0.119. The van der Waals surface area contributed by atoms with Crippen LogP contribution in [0.4, 0.5) is 0 Å². The molecular formula is C5H11N3NaO3+. The van der Waals surface area contributed by atoms with Crippen molar-refractivity contribution in [1.82, 2.24) is 5.01 Å². The molecule has 1 atom stereocenters. The number of aliphatic hydroxyl groups is 1. The fourth-order valence-corrected chi connectivity index (χ4v) is 1.28. The van der Waals surface area contributed by atoms with Gasteiger partial charge in [-0.05, 0) is 12.8 Å². The third-order valence-corrected chi connectivity index (χ3v) is 1.85. The van der Waals surface area contributed by atoms with Crippen molar-refractivity contribution in [1.29, 1.82) is 0 Å². The van der Waals surface area contributed by atoms with Crippen LogP contribution in [0.2, 0.25) is 0 Å². The fraction of sp³-hybridized carbons (Fsp3) is 1.00. The average Bonchev–Trinajstić information content (AvgIpc) is 2.50. The molecule has 0 bridgehead atoms. The van der Waals surface area contributed by atoms with Gasteiger partial charge in [-0.1, -0.05) is 0 Å². The van der Waals surface area contributed by atoms with E-state index in [2.05, 4.69) is 5.28 Å². The zero-order valence-corrected chi connectivity index (χ0v) is 9.05. The van der Waals surface area contributed by atoms with Crippen LogP contribution < -0.4 is 29.6 Å². The van der Waals surface area contributed by atoms with Gasteiger partial charge < -0.3 is 15.5 Å². The zero-order chi connectivity index (χ0) is 8.27. The predicted octanol–water partition coefficient (Wildman–Crippen LogP) is -3.29. The summed E-state index contributed by atoms with van der Waals surface area (Å²) in [6.07, 6.45) is 1.62. The van der Waals surface area contributed by atoms with E-state index in [0.717, 1.165) is 12.8 Å². The fourth-order valence-electron chi connectivity index (χ4n) is 1.28. The van der Waals surface area contributed by atoms with Gasteiger partial charge in [-0.2, -0.15) is 0 Å². The number of hydrazine groups is 1. The van der Waals surface area contributed by atoms with Crippen molar-refractivity contribution < 1.29 is 44.8 Å². The van der Waals surface area contributed by atoms with E-state index < -0.39 is 0 Å². The maximum Gasteiger partial charge on any atom is 1.00 e. The van der Waals surface area contributed by atoms with Gasteiger partial charge in [0.1, 0.15) is 6.04 Å². The van der Waals surface area contributed by atoms with E-state index in [0.29, 0.717) is 6.54 Å². The first-order valence-electron chi connectivity index (χ1n) is 3.49. The van der Waals surface area contributed by atoms with Crippen LogP contribution in [0.1, 0.15) is 12.8 Å². The smallest absolute Gasteiger partial charge is 0.569 e. The molecule has 1 rings (SSSR count). The standard InChI is InChI=1S/C5H11N3O3.Na/c9-4-5-2-1-3-7(5)8(11)6-10;/h5,9-10H,1-4H2;/q;+1. The van der Waals surface area contributed by atoms with Gasteiger partial charge in [-0.15, -0.1) is 5.01 Å². The molecule has 64 valence electrons. The molecule has 7 heteroatoms.